The lowest BCUT2D eigenvalue weighted by Gasteiger charge is -2.19. The third kappa shape index (κ3) is 3.85. The number of carbonyl (C=O) groups is 1. The molecule has 0 radical (unpaired) electrons. The quantitative estimate of drug-likeness (QED) is 0.621. The van der Waals surface area contributed by atoms with Crippen molar-refractivity contribution in [1.82, 2.24) is 15.3 Å². The Labute approximate surface area is 156 Å². The summed E-state index contributed by atoms with van der Waals surface area (Å²) in [5.41, 5.74) is 3.05. The van der Waals surface area contributed by atoms with Crippen LogP contribution in [-0.4, -0.2) is 28.7 Å². The fourth-order valence-electron chi connectivity index (χ4n) is 3.06. The lowest BCUT2D eigenvalue weighted by atomic mass is 10.0. The van der Waals surface area contributed by atoms with Crippen LogP contribution in [0.1, 0.15) is 24.4 Å². The number of thioether (sulfide) groups is 1. The Morgan fingerprint density at radius 1 is 1.27 bits per heavy atom. The molecule has 0 aliphatic heterocycles. The first-order valence-electron chi connectivity index (χ1n) is 8.74. The highest BCUT2D eigenvalue weighted by atomic mass is 32.2. The number of benzene rings is 2. The molecule has 1 aromatic heterocycles. The van der Waals surface area contributed by atoms with E-state index in [2.05, 4.69) is 15.3 Å². The predicted octanol–water partition coefficient (Wildman–Crippen LogP) is 3.93. The standard InChI is InChI=1S/C20H21N3O2S/c1-25-15-10-8-14(9-11-15)19(13-6-7-13)23-18(24)12-26-20-21-16-4-2-3-5-17(16)22-20/h2-5,8-11,13,19H,6-7,12H2,1H3,(H,21,22)(H,23,24). The Morgan fingerprint density at radius 2 is 2.04 bits per heavy atom. The number of carbonyl (C=O) groups excluding carboxylic acids is 1. The molecule has 26 heavy (non-hydrogen) atoms. The molecule has 3 aromatic rings. The number of hydrogen-bond donors (Lipinski definition) is 2. The smallest absolute Gasteiger partial charge is 0.230 e. The van der Waals surface area contributed by atoms with Gasteiger partial charge in [-0.1, -0.05) is 36.0 Å². The summed E-state index contributed by atoms with van der Waals surface area (Å²) in [7, 11) is 1.66. The number of aromatic amines is 1. The fourth-order valence-corrected chi connectivity index (χ4v) is 3.76. The topological polar surface area (TPSA) is 67.0 Å². The van der Waals surface area contributed by atoms with Gasteiger partial charge in [0, 0.05) is 0 Å². The Morgan fingerprint density at radius 3 is 2.73 bits per heavy atom. The van der Waals surface area contributed by atoms with Gasteiger partial charge in [0.1, 0.15) is 5.75 Å². The zero-order valence-electron chi connectivity index (χ0n) is 14.6. The highest BCUT2D eigenvalue weighted by Crippen LogP contribution is 2.41. The van der Waals surface area contributed by atoms with E-state index in [1.165, 1.54) is 11.8 Å². The van der Waals surface area contributed by atoms with E-state index in [-0.39, 0.29) is 11.9 Å². The van der Waals surface area contributed by atoms with E-state index in [0.717, 1.165) is 40.3 Å². The second-order valence-corrected chi connectivity index (χ2v) is 7.47. The number of H-pyrrole nitrogens is 1. The van der Waals surface area contributed by atoms with Crippen LogP contribution >= 0.6 is 11.8 Å². The molecule has 1 fully saturated rings. The first-order valence-corrected chi connectivity index (χ1v) is 9.72. The number of nitrogens with one attached hydrogen (secondary N) is 2. The third-order valence-electron chi connectivity index (χ3n) is 4.59. The SMILES string of the molecule is COc1ccc(C(NC(=O)CSc2nc3ccccc3[nH]2)C2CC2)cc1. The summed E-state index contributed by atoms with van der Waals surface area (Å²) >= 11 is 1.43. The van der Waals surface area contributed by atoms with E-state index in [4.69, 9.17) is 4.74 Å². The molecule has 6 heteroatoms. The van der Waals surface area contributed by atoms with E-state index in [0.29, 0.717) is 11.7 Å². The van der Waals surface area contributed by atoms with Gasteiger partial charge < -0.3 is 15.0 Å². The normalized spacial score (nSPS) is 15.0. The zero-order valence-corrected chi connectivity index (χ0v) is 15.4. The second-order valence-electron chi connectivity index (χ2n) is 6.50. The maximum absolute atomic E-state index is 12.5. The van der Waals surface area contributed by atoms with Crippen molar-refractivity contribution in [2.45, 2.75) is 24.0 Å². The van der Waals surface area contributed by atoms with Gasteiger partial charge in [-0.2, -0.15) is 0 Å². The molecular weight excluding hydrogens is 346 g/mol. The van der Waals surface area contributed by atoms with Crippen LogP contribution in [0.25, 0.3) is 11.0 Å². The molecule has 2 N–H and O–H groups in total. The Kier molecular flexibility index (Phi) is 4.84. The molecule has 1 atom stereocenters. The van der Waals surface area contributed by atoms with Crippen LogP contribution < -0.4 is 10.1 Å². The summed E-state index contributed by atoms with van der Waals surface area (Å²) in [6.45, 7) is 0. The molecule has 1 heterocycles. The second kappa shape index (κ2) is 7.41. The van der Waals surface area contributed by atoms with Gasteiger partial charge in [0.25, 0.3) is 0 Å². The minimum absolute atomic E-state index is 0.0307. The number of amides is 1. The van der Waals surface area contributed by atoms with Crippen molar-refractivity contribution in [2.75, 3.05) is 12.9 Å². The molecule has 1 unspecified atom stereocenters. The average molecular weight is 367 g/mol. The molecule has 2 aromatic carbocycles. The summed E-state index contributed by atoms with van der Waals surface area (Å²) in [6, 6.07) is 15.9. The minimum Gasteiger partial charge on any atom is -0.497 e. The van der Waals surface area contributed by atoms with Crippen molar-refractivity contribution < 1.29 is 9.53 Å². The maximum atomic E-state index is 12.5. The molecule has 1 amide bonds. The van der Waals surface area contributed by atoms with Gasteiger partial charge in [-0.15, -0.1) is 0 Å². The lowest BCUT2D eigenvalue weighted by Crippen LogP contribution is -2.31. The van der Waals surface area contributed by atoms with E-state index in [1.54, 1.807) is 7.11 Å². The molecule has 1 saturated carbocycles. The third-order valence-corrected chi connectivity index (χ3v) is 5.47. The van der Waals surface area contributed by atoms with Crippen LogP contribution in [-0.2, 0) is 4.79 Å². The van der Waals surface area contributed by atoms with E-state index in [9.17, 15) is 4.79 Å². The van der Waals surface area contributed by atoms with E-state index in [1.807, 2.05) is 48.5 Å². The van der Waals surface area contributed by atoms with Crippen LogP contribution in [0.15, 0.2) is 53.7 Å². The number of aromatic nitrogens is 2. The van der Waals surface area contributed by atoms with E-state index < -0.39 is 0 Å². The highest BCUT2D eigenvalue weighted by molar-refractivity contribution is 7.99. The van der Waals surface area contributed by atoms with Gasteiger partial charge >= 0.3 is 0 Å². The Hall–Kier alpha value is -2.47. The van der Waals surface area contributed by atoms with Crippen LogP contribution in [0, 0.1) is 5.92 Å². The highest BCUT2D eigenvalue weighted by Gasteiger charge is 2.33. The summed E-state index contributed by atoms with van der Waals surface area (Å²) in [4.78, 5) is 20.2. The average Bonchev–Trinajstić information content (AvgIpc) is 3.43. The van der Waals surface area contributed by atoms with Crippen LogP contribution in [0.5, 0.6) is 5.75 Å². The molecule has 1 aliphatic carbocycles. The lowest BCUT2D eigenvalue weighted by molar-refractivity contribution is -0.119. The molecule has 4 rings (SSSR count). The molecule has 0 saturated heterocycles. The number of imidazole rings is 1. The van der Waals surface area contributed by atoms with Crippen molar-refractivity contribution in [3.63, 3.8) is 0 Å². The molecule has 5 nitrogen and oxygen atoms in total. The van der Waals surface area contributed by atoms with Gasteiger partial charge in [0.05, 0.1) is 29.9 Å². The zero-order chi connectivity index (χ0) is 17.9. The Bertz CT molecular complexity index is 870. The van der Waals surface area contributed by atoms with Crippen molar-refractivity contribution in [2.24, 2.45) is 5.92 Å². The first-order chi connectivity index (χ1) is 12.7. The summed E-state index contributed by atoms with van der Waals surface area (Å²) in [5, 5.41) is 3.97. The Balaban J connectivity index is 1.38. The van der Waals surface area contributed by atoms with Gasteiger partial charge in [0.2, 0.25) is 5.91 Å². The molecular formula is C20H21N3O2S. The van der Waals surface area contributed by atoms with Crippen molar-refractivity contribution in [3.8, 4) is 5.75 Å². The largest absolute Gasteiger partial charge is 0.497 e. The molecule has 1 aliphatic rings. The van der Waals surface area contributed by atoms with Crippen LogP contribution in [0.4, 0.5) is 0 Å². The minimum atomic E-state index is 0.0307. The van der Waals surface area contributed by atoms with E-state index >= 15 is 0 Å². The number of fused-ring (bicyclic) bond motifs is 1. The van der Waals surface area contributed by atoms with Gasteiger partial charge in [0.15, 0.2) is 5.16 Å². The maximum Gasteiger partial charge on any atom is 0.230 e. The number of rotatable bonds is 7. The van der Waals surface area contributed by atoms with Gasteiger partial charge in [-0.25, -0.2) is 4.98 Å². The van der Waals surface area contributed by atoms with Gasteiger partial charge in [-0.05, 0) is 48.6 Å². The number of methoxy groups -OCH3 is 1. The predicted molar refractivity (Wildman–Crippen MR) is 103 cm³/mol. The van der Waals surface area contributed by atoms with Crippen LogP contribution in [0.2, 0.25) is 0 Å². The molecule has 134 valence electrons. The van der Waals surface area contributed by atoms with Crippen LogP contribution in [0.3, 0.4) is 0 Å². The summed E-state index contributed by atoms with van der Waals surface area (Å²) in [6.07, 6.45) is 2.32. The van der Waals surface area contributed by atoms with Crippen molar-refractivity contribution in [1.29, 1.82) is 0 Å². The monoisotopic (exact) mass is 367 g/mol. The number of para-hydroxylation sites is 2. The molecule has 0 bridgehead atoms. The summed E-state index contributed by atoms with van der Waals surface area (Å²) < 4.78 is 5.22. The number of hydrogen-bond acceptors (Lipinski definition) is 4. The van der Waals surface area contributed by atoms with Crippen molar-refractivity contribution >= 4 is 28.7 Å². The molecule has 0 spiro atoms. The van der Waals surface area contributed by atoms with Crippen molar-refractivity contribution in [3.05, 3.63) is 54.1 Å². The fraction of sp³-hybridized carbons (Fsp3) is 0.300. The van der Waals surface area contributed by atoms with Gasteiger partial charge in [-0.3, -0.25) is 4.79 Å². The number of nitrogens with zero attached hydrogens (tertiary/aromatic N) is 1. The number of ether oxygens (including phenoxy) is 1. The first kappa shape index (κ1) is 17.0. The summed E-state index contributed by atoms with van der Waals surface area (Å²) in [5.74, 6) is 1.74.